The Balaban J connectivity index is 0.00000133. The minimum absolute atomic E-state index is 0. The number of benzene rings is 1. The SMILES string of the molecule is NC(=O)c1cccc2[nH]c(C3CCCNC3)nc12.[Cl-]. The van der Waals surface area contributed by atoms with Crippen molar-refractivity contribution in [3.63, 3.8) is 0 Å². The second-order valence-corrected chi connectivity index (χ2v) is 4.73. The Hall–Kier alpha value is -1.59. The van der Waals surface area contributed by atoms with Gasteiger partial charge in [0, 0.05) is 12.5 Å². The van der Waals surface area contributed by atoms with Crippen LogP contribution in [0.15, 0.2) is 18.2 Å². The average Bonchev–Trinajstić information content (AvgIpc) is 2.83. The van der Waals surface area contributed by atoms with Crippen LogP contribution in [0.4, 0.5) is 0 Å². The van der Waals surface area contributed by atoms with Crippen LogP contribution < -0.4 is 23.5 Å². The molecule has 0 radical (unpaired) electrons. The number of aromatic amines is 1. The molecule has 1 aromatic carbocycles. The summed E-state index contributed by atoms with van der Waals surface area (Å²) < 4.78 is 0. The van der Waals surface area contributed by atoms with E-state index in [4.69, 9.17) is 5.73 Å². The number of hydrogen-bond donors (Lipinski definition) is 3. The summed E-state index contributed by atoms with van der Waals surface area (Å²) in [7, 11) is 0. The number of aromatic nitrogens is 2. The molecular weight excluding hydrogens is 264 g/mol. The zero-order valence-corrected chi connectivity index (χ0v) is 11.2. The summed E-state index contributed by atoms with van der Waals surface area (Å²) in [5, 5.41) is 3.36. The molecule has 0 aliphatic carbocycles. The summed E-state index contributed by atoms with van der Waals surface area (Å²) in [6.07, 6.45) is 2.28. The molecule has 3 rings (SSSR count). The maximum Gasteiger partial charge on any atom is 0.250 e. The van der Waals surface area contributed by atoms with Gasteiger partial charge in [0.15, 0.2) is 0 Å². The van der Waals surface area contributed by atoms with E-state index in [9.17, 15) is 4.79 Å². The van der Waals surface area contributed by atoms with Gasteiger partial charge in [0.25, 0.3) is 5.91 Å². The number of rotatable bonds is 2. The van der Waals surface area contributed by atoms with Crippen LogP contribution in [0.5, 0.6) is 0 Å². The molecule has 2 aromatic rings. The lowest BCUT2D eigenvalue weighted by molar-refractivity contribution is -0.0000122. The number of carbonyl (C=O) groups excluding carboxylic acids is 1. The van der Waals surface area contributed by atoms with Crippen LogP contribution >= 0.6 is 0 Å². The number of piperidine rings is 1. The van der Waals surface area contributed by atoms with Crippen molar-refractivity contribution in [3.05, 3.63) is 29.6 Å². The number of nitrogens with two attached hydrogens (primary N) is 1. The molecule has 6 heteroatoms. The van der Waals surface area contributed by atoms with E-state index in [0.29, 0.717) is 17.0 Å². The molecule has 0 bridgehead atoms. The number of H-pyrrole nitrogens is 1. The Morgan fingerprint density at radius 3 is 2.95 bits per heavy atom. The summed E-state index contributed by atoms with van der Waals surface area (Å²) in [5.74, 6) is 0.915. The molecule has 1 fully saturated rings. The summed E-state index contributed by atoms with van der Waals surface area (Å²) in [4.78, 5) is 19.2. The number of imidazole rings is 1. The molecule has 19 heavy (non-hydrogen) atoms. The number of amides is 1. The van der Waals surface area contributed by atoms with Crippen LogP contribution in [0, 0.1) is 0 Å². The Morgan fingerprint density at radius 2 is 2.26 bits per heavy atom. The van der Waals surface area contributed by atoms with Crippen LogP contribution in [0.3, 0.4) is 0 Å². The number of halogens is 1. The van der Waals surface area contributed by atoms with E-state index in [1.54, 1.807) is 6.07 Å². The summed E-state index contributed by atoms with van der Waals surface area (Å²) in [5.41, 5.74) is 7.41. The van der Waals surface area contributed by atoms with Crippen molar-refractivity contribution < 1.29 is 17.2 Å². The van der Waals surface area contributed by atoms with Gasteiger partial charge < -0.3 is 28.4 Å². The molecule has 1 unspecified atom stereocenters. The fourth-order valence-electron chi connectivity index (χ4n) is 2.53. The number of primary amides is 1. The predicted octanol–water partition coefficient (Wildman–Crippen LogP) is -1.87. The van der Waals surface area contributed by atoms with E-state index in [1.165, 1.54) is 0 Å². The third-order valence-electron chi connectivity index (χ3n) is 3.48. The van der Waals surface area contributed by atoms with Crippen LogP contribution in [0.2, 0.25) is 0 Å². The van der Waals surface area contributed by atoms with Crippen LogP contribution in [-0.4, -0.2) is 29.0 Å². The van der Waals surface area contributed by atoms with Gasteiger partial charge in [-0.2, -0.15) is 0 Å². The highest BCUT2D eigenvalue weighted by atomic mass is 35.5. The van der Waals surface area contributed by atoms with E-state index >= 15 is 0 Å². The molecule has 1 aliphatic heterocycles. The van der Waals surface area contributed by atoms with Crippen molar-refractivity contribution in [1.82, 2.24) is 15.3 Å². The Morgan fingerprint density at radius 1 is 1.42 bits per heavy atom. The second kappa shape index (κ2) is 5.59. The highest BCUT2D eigenvalue weighted by Crippen LogP contribution is 2.24. The fourth-order valence-corrected chi connectivity index (χ4v) is 2.53. The molecule has 1 aromatic heterocycles. The summed E-state index contributed by atoms with van der Waals surface area (Å²) >= 11 is 0. The Labute approximate surface area is 117 Å². The number of para-hydroxylation sites is 1. The minimum atomic E-state index is -0.430. The number of nitrogens with zero attached hydrogens (tertiary/aromatic N) is 1. The molecule has 4 N–H and O–H groups in total. The lowest BCUT2D eigenvalue weighted by atomic mass is 9.99. The van der Waals surface area contributed by atoms with Gasteiger partial charge in [-0.1, -0.05) is 6.07 Å². The lowest BCUT2D eigenvalue weighted by Gasteiger charge is -2.20. The number of fused-ring (bicyclic) bond motifs is 1. The molecule has 1 amide bonds. The molecule has 2 heterocycles. The smallest absolute Gasteiger partial charge is 0.250 e. The van der Waals surface area contributed by atoms with Crippen molar-refractivity contribution in [2.75, 3.05) is 13.1 Å². The first-order chi connectivity index (χ1) is 8.75. The monoisotopic (exact) mass is 279 g/mol. The van der Waals surface area contributed by atoms with E-state index < -0.39 is 5.91 Å². The molecule has 0 spiro atoms. The molecule has 0 saturated carbocycles. The maximum atomic E-state index is 11.4. The minimum Gasteiger partial charge on any atom is -1.00 e. The molecular formula is C13H16ClN4O-. The predicted molar refractivity (Wildman–Crippen MR) is 69.5 cm³/mol. The molecule has 1 saturated heterocycles. The second-order valence-electron chi connectivity index (χ2n) is 4.73. The van der Waals surface area contributed by atoms with Crippen molar-refractivity contribution in [3.8, 4) is 0 Å². The standard InChI is InChI=1S/C13H16N4O.ClH/c14-12(18)9-4-1-5-10-11(9)17-13(16-10)8-3-2-6-15-7-8;/h1,4-5,8,15H,2-3,6-7H2,(H2,14,18)(H,16,17);1H/p-1. The first kappa shape index (κ1) is 13.8. The van der Waals surface area contributed by atoms with Crippen molar-refractivity contribution in [2.24, 2.45) is 5.73 Å². The van der Waals surface area contributed by atoms with Crippen molar-refractivity contribution in [1.29, 1.82) is 0 Å². The fraction of sp³-hybridized carbons (Fsp3) is 0.385. The Kier molecular flexibility index (Phi) is 4.07. The maximum absolute atomic E-state index is 11.4. The first-order valence-corrected chi connectivity index (χ1v) is 6.25. The van der Waals surface area contributed by atoms with Crippen LogP contribution in [0.1, 0.15) is 34.9 Å². The molecule has 1 atom stereocenters. The van der Waals surface area contributed by atoms with Crippen LogP contribution in [-0.2, 0) is 0 Å². The number of hydrogen-bond acceptors (Lipinski definition) is 3. The van der Waals surface area contributed by atoms with Crippen molar-refractivity contribution >= 4 is 16.9 Å². The third-order valence-corrected chi connectivity index (χ3v) is 3.48. The van der Waals surface area contributed by atoms with E-state index in [-0.39, 0.29) is 12.4 Å². The van der Waals surface area contributed by atoms with Gasteiger partial charge in [0.1, 0.15) is 11.3 Å². The third kappa shape index (κ3) is 2.57. The summed E-state index contributed by atoms with van der Waals surface area (Å²) in [6.45, 7) is 2.01. The molecule has 5 nitrogen and oxygen atoms in total. The zero-order valence-electron chi connectivity index (χ0n) is 10.4. The van der Waals surface area contributed by atoms with Gasteiger partial charge in [0.05, 0.1) is 11.1 Å². The highest BCUT2D eigenvalue weighted by molar-refractivity contribution is 6.04. The molecule has 1 aliphatic rings. The van der Waals surface area contributed by atoms with Crippen LogP contribution in [0.25, 0.3) is 11.0 Å². The quantitative estimate of drug-likeness (QED) is 0.602. The lowest BCUT2D eigenvalue weighted by Crippen LogP contribution is -3.00. The summed E-state index contributed by atoms with van der Waals surface area (Å²) in [6, 6.07) is 5.46. The number of nitrogens with one attached hydrogen (secondary N) is 2. The largest absolute Gasteiger partial charge is 1.00 e. The highest BCUT2D eigenvalue weighted by Gasteiger charge is 2.20. The van der Waals surface area contributed by atoms with Gasteiger partial charge >= 0.3 is 0 Å². The van der Waals surface area contributed by atoms with Gasteiger partial charge in [-0.15, -0.1) is 0 Å². The Bertz CT molecular complexity index is 589. The zero-order chi connectivity index (χ0) is 12.5. The van der Waals surface area contributed by atoms with E-state index in [2.05, 4.69) is 15.3 Å². The van der Waals surface area contributed by atoms with Gasteiger partial charge in [-0.05, 0) is 31.5 Å². The molecule has 102 valence electrons. The first-order valence-electron chi connectivity index (χ1n) is 6.25. The van der Waals surface area contributed by atoms with E-state index in [1.807, 2.05) is 12.1 Å². The normalized spacial score (nSPS) is 19.1. The number of carbonyl (C=O) groups is 1. The van der Waals surface area contributed by atoms with Gasteiger partial charge in [-0.25, -0.2) is 4.98 Å². The van der Waals surface area contributed by atoms with Gasteiger partial charge in [-0.3, -0.25) is 4.79 Å². The van der Waals surface area contributed by atoms with Crippen molar-refractivity contribution in [2.45, 2.75) is 18.8 Å². The average molecular weight is 280 g/mol. The van der Waals surface area contributed by atoms with E-state index in [0.717, 1.165) is 37.3 Å². The topological polar surface area (TPSA) is 83.8 Å². The van der Waals surface area contributed by atoms with Gasteiger partial charge in [0.2, 0.25) is 0 Å².